The molecule has 2 heterocycles. The summed E-state index contributed by atoms with van der Waals surface area (Å²) in [5, 5.41) is 5.02. The van der Waals surface area contributed by atoms with Gasteiger partial charge in [0.25, 0.3) is 0 Å². The van der Waals surface area contributed by atoms with Crippen LogP contribution in [-0.2, 0) is 6.54 Å². The number of rotatable bonds is 3. The normalized spacial score (nSPS) is 11.0. The van der Waals surface area contributed by atoms with Crippen molar-refractivity contribution in [1.82, 2.24) is 19.7 Å². The van der Waals surface area contributed by atoms with E-state index in [4.69, 9.17) is 5.73 Å². The lowest BCUT2D eigenvalue weighted by atomic mass is 10.0. The summed E-state index contributed by atoms with van der Waals surface area (Å²) in [6.07, 6.45) is 1.37. The van der Waals surface area contributed by atoms with E-state index in [0.29, 0.717) is 28.8 Å². The van der Waals surface area contributed by atoms with Crippen LogP contribution in [0.3, 0.4) is 0 Å². The molecule has 0 aliphatic rings. The van der Waals surface area contributed by atoms with E-state index in [1.165, 1.54) is 25.4 Å². The van der Waals surface area contributed by atoms with Gasteiger partial charge in [-0.1, -0.05) is 6.07 Å². The van der Waals surface area contributed by atoms with Crippen molar-refractivity contribution in [3.63, 3.8) is 0 Å². The first kappa shape index (κ1) is 14.1. The number of aryl methyl sites for hydroxylation is 1. The quantitative estimate of drug-likeness (QED) is 0.751. The Morgan fingerprint density at radius 3 is 2.77 bits per heavy atom. The lowest BCUT2D eigenvalue weighted by Crippen LogP contribution is -1.99. The Bertz CT molecular complexity index is 887. The number of Topliss-reactive ketones (excluding diaryl/α,β-unsaturated/α-hetero) is 1. The monoisotopic (exact) mass is 299 g/mol. The first-order chi connectivity index (χ1) is 10.5. The van der Waals surface area contributed by atoms with Crippen LogP contribution in [0.1, 0.15) is 24.2 Å². The molecule has 112 valence electrons. The number of aromatic nitrogens is 4. The Morgan fingerprint density at radius 1 is 1.36 bits per heavy atom. The van der Waals surface area contributed by atoms with Crippen LogP contribution in [0, 0.1) is 5.82 Å². The van der Waals surface area contributed by atoms with Crippen LogP contribution in [0.2, 0.25) is 0 Å². The number of nitrogens with zero attached hydrogens (tertiary/aromatic N) is 4. The molecule has 0 saturated heterocycles. The van der Waals surface area contributed by atoms with Crippen molar-refractivity contribution in [2.24, 2.45) is 0 Å². The Hall–Kier alpha value is -2.83. The molecule has 0 aliphatic heterocycles. The third-order valence-electron chi connectivity index (χ3n) is 3.48. The Morgan fingerprint density at radius 2 is 2.14 bits per heavy atom. The molecule has 2 aromatic heterocycles. The van der Waals surface area contributed by atoms with Gasteiger partial charge in [-0.3, -0.25) is 4.79 Å². The van der Waals surface area contributed by atoms with Gasteiger partial charge in [-0.05, 0) is 26.0 Å². The maximum absolute atomic E-state index is 14.1. The SMILES string of the molecule is CCn1nc(-c2ccc(C(C)=O)c(F)c2)c2c(N)ncnc21. The summed E-state index contributed by atoms with van der Waals surface area (Å²) in [5.74, 6) is -0.619. The number of benzene rings is 1. The van der Waals surface area contributed by atoms with Crippen molar-refractivity contribution < 1.29 is 9.18 Å². The number of carbonyl (C=O) groups is 1. The average Bonchev–Trinajstić information content (AvgIpc) is 2.87. The summed E-state index contributed by atoms with van der Waals surface area (Å²) >= 11 is 0. The number of anilines is 1. The number of carbonyl (C=O) groups excluding carboxylic acids is 1. The molecule has 22 heavy (non-hydrogen) atoms. The van der Waals surface area contributed by atoms with E-state index in [0.717, 1.165) is 0 Å². The number of hydrogen-bond donors (Lipinski definition) is 1. The fourth-order valence-corrected chi connectivity index (χ4v) is 2.40. The fourth-order valence-electron chi connectivity index (χ4n) is 2.40. The number of nitrogen functional groups attached to an aromatic ring is 1. The van der Waals surface area contributed by atoms with E-state index < -0.39 is 5.82 Å². The molecule has 0 spiro atoms. The number of ketones is 1. The largest absolute Gasteiger partial charge is 0.383 e. The second kappa shape index (κ2) is 5.18. The van der Waals surface area contributed by atoms with Gasteiger partial charge in [-0.15, -0.1) is 0 Å². The zero-order valence-electron chi connectivity index (χ0n) is 12.2. The van der Waals surface area contributed by atoms with Gasteiger partial charge in [0, 0.05) is 12.1 Å². The molecule has 7 heteroatoms. The molecule has 3 rings (SSSR count). The summed E-state index contributed by atoms with van der Waals surface area (Å²) in [5.41, 5.74) is 7.61. The van der Waals surface area contributed by atoms with E-state index >= 15 is 0 Å². The number of fused-ring (bicyclic) bond motifs is 1. The van der Waals surface area contributed by atoms with Crippen molar-refractivity contribution in [2.75, 3.05) is 5.73 Å². The lowest BCUT2D eigenvalue weighted by Gasteiger charge is -2.03. The summed E-state index contributed by atoms with van der Waals surface area (Å²) in [6.45, 7) is 3.85. The second-order valence-electron chi connectivity index (χ2n) is 4.87. The minimum atomic E-state index is -0.584. The molecule has 0 fully saturated rings. The maximum Gasteiger partial charge on any atom is 0.163 e. The van der Waals surface area contributed by atoms with Crippen LogP contribution in [-0.4, -0.2) is 25.5 Å². The summed E-state index contributed by atoms with van der Waals surface area (Å²) in [6, 6.07) is 4.38. The molecule has 3 aromatic rings. The van der Waals surface area contributed by atoms with Crippen molar-refractivity contribution in [3.05, 3.63) is 35.9 Å². The molecule has 0 saturated carbocycles. The molecule has 0 bridgehead atoms. The van der Waals surface area contributed by atoms with Crippen molar-refractivity contribution in [2.45, 2.75) is 20.4 Å². The first-order valence-electron chi connectivity index (χ1n) is 6.80. The third kappa shape index (κ3) is 2.11. The molecule has 0 amide bonds. The molecule has 0 radical (unpaired) electrons. The highest BCUT2D eigenvalue weighted by molar-refractivity contribution is 5.99. The van der Waals surface area contributed by atoms with Gasteiger partial charge in [-0.25, -0.2) is 19.0 Å². The van der Waals surface area contributed by atoms with E-state index in [2.05, 4.69) is 15.1 Å². The highest BCUT2D eigenvalue weighted by Crippen LogP contribution is 2.30. The molecule has 1 aromatic carbocycles. The molecule has 0 aliphatic carbocycles. The number of nitrogens with two attached hydrogens (primary N) is 1. The number of hydrogen-bond acceptors (Lipinski definition) is 5. The van der Waals surface area contributed by atoms with E-state index in [-0.39, 0.29) is 17.2 Å². The van der Waals surface area contributed by atoms with Crippen LogP contribution in [0.5, 0.6) is 0 Å². The van der Waals surface area contributed by atoms with Crippen LogP contribution in [0.4, 0.5) is 10.2 Å². The average molecular weight is 299 g/mol. The minimum absolute atomic E-state index is 0.0483. The molecule has 2 N–H and O–H groups in total. The van der Waals surface area contributed by atoms with Gasteiger partial charge in [-0.2, -0.15) is 5.10 Å². The van der Waals surface area contributed by atoms with Crippen LogP contribution >= 0.6 is 0 Å². The predicted molar refractivity (Wildman–Crippen MR) is 80.8 cm³/mol. The molecule has 6 nitrogen and oxygen atoms in total. The van der Waals surface area contributed by atoms with Gasteiger partial charge in [0.1, 0.15) is 23.7 Å². The molecular weight excluding hydrogens is 285 g/mol. The Balaban J connectivity index is 2.27. The van der Waals surface area contributed by atoms with Gasteiger partial charge in [0.05, 0.1) is 10.9 Å². The zero-order chi connectivity index (χ0) is 15.9. The Kier molecular flexibility index (Phi) is 3.32. The van der Waals surface area contributed by atoms with Gasteiger partial charge in [0.2, 0.25) is 0 Å². The highest BCUT2D eigenvalue weighted by Gasteiger charge is 2.18. The van der Waals surface area contributed by atoms with Crippen LogP contribution < -0.4 is 5.73 Å². The van der Waals surface area contributed by atoms with Crippen LogP contribution in [0.25, 0.3) is 22.3 Å². The van der Waals surface area contributed by atoms with E-state index in [1.807, 2.05) is 6.92 Å². The molecule has 0 unspecified atom stereocenters. The summed E-state index contributed by atoms with van der Waals surface area (Å²) in [4.78, 5) is 19.5. The van der Waals surface area contributed by atoms with Crippen molar-refractivity contribution in [3.8, 4) is 11.3 Å². The fraction of sp³-hybridized carbons (Fsp3) is 0.200. The molecule has 0 atom stereocenters. The summed E-state index contributed by atoms with van der Waals surface area (Å²) in [7, 11) is 0. The van der Waals surface area contributed by atoms with Crippen LogP contribution in [0.15, 0.2) is 24.5 Å². The number of halogens is 1. The van der Waals surface area contributed by atoms with Gasteiger partial charge >= 0.3 is 0 Å². The van der Waals surface area contributed by atoms with Gasteiger partial charge in [0.15, 0.2) is 11.4 Å². The first-order valence-corrected chi connectivity index (χ1v) is 6.80. The topological polar surface area (TPSA) is 86.7 Å². The maximum atomic E-state index is 14.1. The van der Waals surface area contributed by atoms with E-state index in [1.54, 1.807) is 10.7 Å². The van der Waals surface area contributed by atoms with E-state index in [9.17, 15) is 9.18 Å². The lowest BCUT2D eigenvalue weighted by molar-refractivity contribution is 0.101. The van der Waals surface area contributed by atoms with Crippen molar-refractivity contribution >= 4 is 22.6 Å². The van der Waals surface area contributed by atoms with Crippen molar-refractivity contribution in [1.29, 1.82) is 0 Å². The molecular formula is C15H14FN5O. The standard InChI is InChI=1S/C15H14FN5O/c1-3-21-15-12(14(17)18-7-19-15)13(20-21)9-4-5-10(8(2)22)11(16)6-9/h4-7H,3H2,1-2H3,(H2,17,18,19). The Labute approximate surface area is 125 Å². The predicted octanol–water partition coefficient (Wildman–Crippen LogP) is 2.44. The van der Waals surface area contributed by atoms with Gasteiger partial charge < -0.3 is 5.73 Å². The highest BCUT2D eigenvalue weighted by atomic mass is 19.1. The smallest absolute Gasteiger partial charge is 0.163 e. The second-order valence-corrected chi connectivity index (χ2v) is 4.87. The summed E-state index contributed by atoms with van der Waals surface area (Å²) < 4.78 is 15.7. The third-order valence-corrected chi connectivity index (χ3v) is 3.48. The zero-order valence-corrected chi connectivity index (χ0v) is 12.2. The minimum Gasteiger partial charge on any atom is -0.383 e.